The molecule has 4 rings (SSSR count). The fourth-order valence-corrected chi connectivity index (χ4v) is 4.83. The largest absolute Gasteiger partial charge is 0.346 e. The van der Waals surface area contributed by atoms with Gasteiger partial charge < -0.3 is 5.11 Å². The van der Waals surface area contributed by atoms with E-state index >= 15 is 0 Å². The third-order valence-corrected chi connectivity index (χ3v) is 6.17. The minimum Gasteiger partial charge on any atom is -0.346 e. The number of nitrogens with zero attached hydrogens (tertiary/aromatic N) is 2. The predicted molar refractivity (Wildman–Crippen MR) is 99.2 cm³/mol. The number of benzene rings is 2. The first-order valence-electron chi connectivity index (χ1n) is 8.71. The number of hydrogen-bond acceptors (Lipinski definition) is 3. The Kier molecular flexibility index (Phi) is 4.52. The standard InChI is InChI=1S/C20H22FN2OS/c21-18-9-7-17(8-10-18)20(24)15-22-12-4-14-25-19(22)23(20)13-11-16-5-2-1-3-6-16/h1-3,5-10,24H,4,11-15H2/q+1/t20-/m1/s1. The van der Waals surface area contributed by atoms with Crippen molar-refractivity contribution in [2.45, 2.75) is 18.6 Å². The van der Waals surface area contributed by atoms with Crippen molar-refractivity contribution in [1.82, 2.24) is 4.90 Å². The lowest BCUT2D eigenvalue weighted by molar-refractivity contribution is -0.532. The quantitative estimate of drug-likeness (QED) is 0.852. The van der Waals surface area contributed by atoms with E-state index in [1.807, 2.05) is 30.0 Å². The van der Waals surface area contributed by atoms with Crippen LogP contribution in [-0.2, 0) is 12.1 Å². The highest BCUT2D eigenvalue weighted by Crippen LogP contribution is 2.36. The van der Waals surface area contributed by atoms with E-state index in [0.717, 1.165) is 42.4 Å². The molecule has 2 heterocycles. The first-order valence-corrected chi connectivity index (χ1v) is 9.70. The molecule has 5 heteroatoms. The summed E-state index contributed by atoms with van der Waals surface area (Å²) in [5.74, 6) is 0.800. The van der Waals surface area contributed by atoms with Crippen LogP contribution in [0.15, 0.2) is 54.6 Å². The lowest BCUT2D eigenvalue weighted by Crippen LogP contribution is -2.47. The molecule has 0 saturated heterocycles. The smallest absolute Gasteiger partial charge is 0.311 e. The Labute approximate surface area is 151 Å². The van der Waals surface area contributed by atoms with Crippen LogP contribution in [0.3, 0.4) is 0 Å². The second-order valence-corrected chi connectivity index (χ2v) is 7.68. The number of hydrogen-bond donors (Lipinski definition) is 1. The first kappa shape index (κ1) is 16.6. The van der Waals surface area contributed by atoms with E-state index in [9.17, 15) is 9.50 Å². The molecule has 25 heavy (non-hydrogen) atoms. The number of thioether (sulfide) groups is 1. The van der Waals surface area contributed by atoms with Gasteiger partial charge in [0.25, 0.3) is 5.72 Å². The molecule has 3 nitrogen and oxygen atoms in total. The van der Waals surface area contributed by atoms with Gasteiger partial charge in [-0.3, -0.25) is 0 Å². The number of amidine groups is 1. The average molecular weight is 357 g/mol. The van der Waals surface area contributed by atoms with Crippen LogP contribution in [0.4, 0.5) is 4.39 Å². The number of rotatable bonds is 4. The van der Waals surface area contributed by atoms with Crippen molar-refractivity contribution in [2.75, 3.05) is 25.4 Å². The van der Waals surface area contributed by atoms with Gasteiger partial charge in [-0.15, -0.1) is 0 Å². The molecule has 1 atom stereocenters. The molecule has 2 aromatic rings. The van der Waals surface area contributed by atoms with Gasteiger partial charge in [-0.1, -0.05) is 30.3 Å². The molecule has 0 aliphatic carbocycles. The van der Waals surface area contributed by atoms with Gasteiger partial charge in [-0.05, 0) is 48.0 Å². The Morgan fingerprint density at radius 2 is 1.88 bits per heavy atom. The SMILES string of the molecule is O[C@@]1(c2ccc(F)cc2)C[N+]2=C(SCCC2)N1CCc1ccccc1. The first-order chi connectivity index (χ1) is 12.2. The predicted octanol–water partition coefficient (Wildman–Crippen LogP) is 3.03. The Morgan fingerprint density at radius 3 is 2.64 bits per heavy atom. The normalized spacial score (nSPS) is 23.0. The lowest BCUT2D eigenvalue weighted by Gasteiger charge is -2.28. The summed E-state index contributed by atoms with van der Waals surface area (Å²) in [5.41, 5.74) is 0.906. The maximum atomic E-state index is 13.3. The van der Waals surface area contributed by atoms with E-state index in [0.29, 0.717) is 6.54 Å². The van der Waals surface area contributed by atoms with E-state index in [4.69, 9.17) is 0 Å². The number of aliphatic hydroxyl groups is 1. The third-order valence-electron chi connectivity index (χ3n) is 4.94. The topological polar surface area (TPSA) is 26.5 Å². The van der Waals surface area contributed by atoms with Crippen LogP contribution in [0, 0.1) is 5.82 Å². The summed E-state index contributed by atoms with van der Waals surface area (Å²) >= 11 is 1.81. The third kappa shape index (κ3) is 3.18. The van der Waals surface area contributed by atoms with Crippen LogP contribution < -0.4 is 0 Å². The maximum Gasteiger partial charge on any atom is 0.311 e. The lowest BCUT2D eigenvalue weighted by atomic mass is 10.0. The molecular weight excluding hydrogens is 335 g/mol. The van der Waals surface area contributed by atoms with Crippen molar-refractivity contribution in [1.29, 1.82) is 0 Å². The van der Waals surface area contributed by atoms with Gasteiger partial charge in [-0.2, -0.15) is 0 Å². The van der Waals surface area contributed by atoms with Crippen molar-refractivity contribution in [3.05, 3.63) is 71.5 Å². The van der Waals surface area contributed by atoms with Gasteiger partial charge >= 0.3 is 5.17 Å². The molecular formula is C20H22FN2OS+. The maximum absolute atomic E-state index is 13.3. The molecule has 0 aromatic heterocycles. The van der Waals surface area contributed by atoms with Crippen molar-refractivity contribution in [3.63, 3.8) is 0 Å². The Balaban J connectivity index is 1.64. The molecule has 0 bridgehead atoms. The van der Waals surface area contributed by atoms with Gasteiger partial charge in [-0.25, -0.2) is 13.9 Å². The Bertz CT molecular complexity index is 778. The van der Waals surface area contributed by atoms with Gasteiger partial charge in [0, 0.05) is 17.7 Å². The molecule has 0 unspecified atom stereocenters. The molecule has 0 radical (unpaired) electrons. The van der Waals surface area contributed by atoms with E-state index in [1.54, 1.807) is 12.1 Å². The van der Waals surface area contributed by atoms with Crippen LogP contribution in [0.2, 0.25) is 0 Å². The molecule has 0 amide bonds. The van der Waals surface area contributed by atoms with Gasteiger partial charge in [0.2, 0.25) is 0 Å². The van der Waals surface area contributed by atoms with Crippen molar-refractivity contribution in [3.8, 4) is 0 Å². The summed E-state index contributed by atoms with van der Waals surface area (Å²) in [6.45, 7) is 2.24. The molecule has 2 aliphatic heterocycles. The molecule has 0 fully saturated rings. The van der Waals surface area contributed by atoms with Gasteiger partial charge in [0.1, 0.15) is 5.82 Å². The van der Waals surface area contributed by atoms with Crippen molar-refractivity contribution in [2.24, 2.45) is 0 Å². The zero-order valence-corrected chi connectivity index (χ0v) is 14.9. The zero-order valence-electron chi connectivity index (χ0n) is 14.1. The average Bonchev–Trinajstić information content (AvgIpc) is 2.94. The fourth-order valence-electron chi connectivity index (χ4n) is 3.64. The molecule has 0 spiro atoms. The van der Waals surface area contributed by atoms with E-state index in [-0.39, 0.29) is 5.82 Å². The summed E-state index contributed by atoms with van der Waals surface area (Å²) in [5, 5.41) is 12.7. The zero-order chi connectivity index (χ0) is 17.3. The van der Waals surface area contributed by atoms with Gasteiger partial charge in [0.05, 0.1) is 13.1 Å². The summed E-state index contributed by atoms with van der Waals surface area (Å²) < 4.78 is 15.6. The summed E-state index contributed by atoms with van der Waals surface area (Å²) in [6, 6.07) is 16.6. The van der Waals surface area contributed by atoms with Crippen molar-refractivity contribution < 1.29 is 14.1 Å². The summed E-state index contributed by atoms with van der Waals surface area (Å²) in [6.07, 6.45) is 1.99. The second kappa shape index (κ2) is 6.81. The highest BCUT2D eigenvalue weighted by molar-refractivity contribution is 8.13. The molecule has 2 aliphatic rings. The number of halogens is 1. The molecule has 2 aromatic carbocycles. The van der Waals surface area contributed by atoms with Gasteiger partial charge in [0.15, 0.2) is 6.54 Å². The minimum atomic E-state index is -1.10. The van der Waals surface area contributed by atoms with E-state index in [1.165, 1.54) is 17.7 Å². The summed E-state index contributed by atoms with van der Waals surface area (Å²) in [7, 11) is 0. The monoisotopic (exact) mass is 357 g/mol. The van der Waals surface area contributed by atoms with Crippen LogP contribution in [0.25, 0.3) is 0 Å². The fraction of sp³-hybridized carbons (Fsp3) is 0.350. The van der Waals surface area contributed by atoms with E-state index < -0.39 is 5.72 Å². The molecule has 130 valence electrons. The highest BCUT2D eigenvalue weighted by Gasteiger charge is 2.53. The van der Waals surface area contributed by atoms with Crippen LogP contribution in [0.5, 0.6) is 0 Å². The molecule has 0 saturated carbocycles. The van der Waals surface area contributed by atoms with Crippen LogP contribution in [0.1, 0.15) is 17.5 Å². The minimum absolute atomic E-state index is 0.277. The highest BCUT2D eigenvalue weighted by atomic mass is 32.2. The Hall–Kier alpha value is -1.85. The van der Waals surface area contributed by atoms with Crippen LogP contribution in [-0.4, -0.2) is 45.1 Å². The molecule has 1 N–H and O–H groups in total. The van der Waals surface area contributed by atoms with E-state index in [2.05, 4.69) is 21.6 Å². The van der Waals surface area contributed by atoms with Crippen LogP contribution >= 0.6 is 11.8 Å². The Morgan fingerprint density at radius 1 is 1.12 bits per heavy atom. The summed E-state index contributed by atoms with van der Waals surface area (Å²) in [4.78, 5) is 2.11. The second-order valence-electron chi connectivity index (χ2n) is 6.62. The van der Waals surface area contributed by atoms with Crippen molar-refractivity contribution >= 4 is 16.9 Å².